The fourth-order valence-corrected chi connectivity index (χ4v) is 4.33. The summed E-state index contributed by atoms with van der Waals surface area (Å²) in [5, 5.41) is 0. The SMILES string of the molecule is CCC1CCCC(N2CCC(CC)CC2CN)CC1. The molecule has 2 fully saturated rings. The molecule has 1 aliphatic heterocycles. The first-order chi connectivity index (χ1) is 9.28. The molecule has 112 valence electrons. The fourth-order valence-electron chi connectivity index (χ4n) is 4.33. The zero-order chi connectivity index (χ0) is 13.7. The van der Waals surface area contributed by atoms with E-state index in [9.17, 15) is 0 Å². The van der Waals surface area contributed by atoms with Gasteiger partial charge in [-0.25, -0.2) is 0 Å². The molecule has 0 bridgehead atoms. The Balaban J connectivity index is 1.92. The fraction of sp³-hybridized carbons (Fsp3) is 1.00. The molecule has 4 atom stereocenters. The van der Waals surface area contributed by atoms with E-state index in [2.05, 4.69) is 18.7 Å². The zero-order valence-corrected chi connectivity index (χ0v) is 13.1. The highest BCUT2D eigenvalue weighted by Crippen LogP contribution is 2.33. The molecule has 0 radical (unpaired) electrons. The lowest BCUT2D eigenvalue weighted by atomic mass is 9.87. The van der Waals surface area contributed by atoms with Crippen LogP contribution in [0.15, 0.2) is 0 Å². The van der Waals surface area contributed by atoms with E-state index in [0.717, 1.165) is 24.4 Å². The molecular weight excluding hydrogens is 232 g/mol. The third-order valence-electron chi connectivity index (χ3n) is 5.82. The molecule has 0 aromatic heterocycles. The predicted octanol–water partition coefficient (Wildman–Crippen LogP) is 3.79. The summed E-state index contributed by atoms with van der Waals surface area (Å²) < 4.78 is 0. The summed E-state index contributed by atoms with van der Waals surface area (Å²) in [5.41, 5.74) is 6.07. The summed E-state index contributed by atoms with van der Waals surface area (Å²) in [4.78, 5) is 2.80. The van der Waals surface area contributed by atoms with Crippen LogP contribution in [0.1, 0.15) is 71.6 Å². The molecule has 0 spiro atoms. The highest BCUT2D eigenvalue weighted by atomic mass is 15.2. The van der Waals surface area contributed by atoms with Gasteiger partial charge in [0.2, 0.25) is 0 Å². The molecule has 0 amide bonds. The van der Waals surface area contributed by atoms with Crippen molar-refractivity contribution < 1.29 is 0 Å². The van der Waals surface area contributed by atoms with Crippen molar-refractivity contribution in [2.24, 2.45) is 17.6 Å². The van der Waals surface area contributed by atoms with Crippen LogP contribution in [-0.2, 0) is 0 Å². The van der Waals surface area contributed by atoms with Gasteiger partial charge in [0.15, 0.2) is 0 Å². The molecule has 1 saturated heterocycles. The molecule has 2 aliphatic rings. The van der Waals surface area contributed by atoms with Crippen molar-refractivity contribution in [3.63, 3.8) is 0 Å². The average Bonchev–Trinajstić information content (AvgIpc) is 2.71. The number of hydrogen-bond donors (Lipinski definition) is 1. The smallest absolute Gasteiger partial charge is 0.0223 e. The van der Waals surface area contributed by atoms with Crippen LogP contribution in [0.5, 0.6) is 0 Å². The van der Waals surface area contributed by atoms with Crippen molar-refractivity contribution in [3.05, 3.63) is 0 Å². The molecule has 1 saturated carbocycles. The van der Waals surface area contributed by atoms with Gasteiger partial charge < -0.3 is 5.73 Å². The summed E-state index contributed by atoms with van der Waals surface area (Å²) in [7, 11) is 0. The van der Waals surface area contributed by atoms with Crippen LogP contribution in [0.4, 0.5) is 0 Å². The number of nitrogens with zero attached hydrogens (tertiary/aromatic N) is 1. The van der Waals surface area contributed by atoms with Gasteiger partial charge in [0.25, 0.3) is 0 Å². The average molecular weight is 266 g/mol. The van der Waals surface area contributed by atoms with E-state index in [0.29, 0.717) is 6.04 Å². The Bertz CT molecular complexity index is 254. The topological polar surface area (TPSA) is 29.3 Å². The monoisotopic (exact) mass is 266 g/mol. The first kappa shape index (κ1) is 15.3. The van der Waals surface area contributed by atoms with Gasteiger partial charge in [-0.15, -0.1) is 0 Å². The molecule has 2 nitrogen and oxygen atoms in total. The van der Waals surface area contributed by atoms with Gasteiger partial charge in [-0.3, -0.25) is 4.90 Å². The van der Waals surface area contributed by atoms with Gasteiger partial charge in [-0.05, 0) is 50.5 Å². The quantitative estimate of drug-likeness (QED) is 0.784. The molecule has 0 aromatic carbocycles. The minimum atomic E-state index is 0.668. The van der Waals surface area contributed by atoms with E-state index in [1.54, 1.807) is 0 Å². The van der Waals surface area contributed by atoms with E-state index in [1.165, 1.54) is 64.3 Å². The number of likely N-dealkylation sites (tertiary alicyclic amines) is 1. The third kappa shape index (κ3) is 3.95. The standard InChI is InChI=1S/C17H34N2/c1-3-14-6-5-7-16(9-8-14)19-11-10-15(4-2)12-17(19)13-18/h14-17H,3-13,18H2,1-2H3. The van der Waals surface area contributed by atoms with Gasteiger partial charge in [-0.2, -0.15) is 0 Å². The van der Waals surface area contributed by atoms with Crippen molar-refractivity contribution in [3.8, 4) is 0 Å². The molecule has 1 heterocycles. The van der Waals surface area contributed by atoms with Crippen LogP contribution in [0.25, 0.3) is 0 Å². The first-order valence-corrected chi connectivity index (χ1v) is 8.74. The number of piperidine rings is 1. The lowest BCUT2D eigenvalue weighted by molar-refractivity contribution is 0.0625. The van der Waals surface area contributed by atoms with Gasteiger partial charge >= 0.3 is 0 Å². The molecule has 4 unspecified atom stereocenters. The van der Waals surface area contributed by atoms with Crippen LogP contribution in [0, 0.1) is 11.8 Å². The third-order valence-corrected chi connectivity index (χ3v) is 5.82. The summed E-state index contributed by atoms with van der Waals surface area (Å²) in [5.74, 6) is 1.92. The summed E-state index contributed by atoms with van der Waals surface area (Å²) in [6.07, 6.45) is 12.7. The Morgan fingerprint density at radius 3 is 2.42 bits per heavy atom. The lowest BCUT2D eigenvalue weighted by Crippen LogP contribution is -2.51. The van der Waals surface area contributed by atoms with Crippen LogP contribution < -0.4 is 5.73 Å². The second-order valence-corrected chi connectivity index (χ2v) is 6.86. The van der Waals surface area contributed by atoms with Crippen molar-refractivity contribution in [2.75, 3.05) is 13.1 Å². The lowest BCUT2D eigenvalue weighted by Gasteiger charge is -2.43. The number of rotatable bonds is 4. The van der Waals surface area contributed by atoms with Crippen LogP contribution in [0.2, 0.25) is 0 Å². The Kier molecular flexibility index (Phi) is 6.15. The molecule has 1 aliphatic carbocycles. The van der Waals surface area contributed by atoms with E-state index < -0.39 is 0 Å². The van der Waals surface area contributed by atoms with Crippen LogP contribution in [-0.4, -0.2) is 30.1 Å². The Morgan fingerprint density at radius 2 is 1.74 bits per heavy atom. The Labute approximate surface area is 120 Å². The first-order valence-electron chi connectivity index (χ1n) is 8.74. The van der Waals surface area contributed by atoms with Crippen molar-refractivity contribution in [1.82, 2.24) is 4.90 Å². The van der Waals surface area contributed by atoms with E-state index >= 15 is 0 Å². The molecule has 0 aromatic rings. The van der Waals surface area contributed by atoms with Crippen LogP contribution in [0.3, 0.4) is 0 Å². The Hall–Kier alpha value is -0.0800. The minimum absolute atomic E-state index is 0.668. The summed E-state index contributed by atoms with van der Waals surface area (Å²) in [6, 6.07) is 1.50. The minimum Gasteiger partial charge on any atom is -0.329 e. The van der Waals surface area contributed by atoms with Gasteiger partial charge in [0.1, 0.15) is 0 Å². The number of nitrogens with two attached hydrogens (primary N) is 1. The maximum atomic E-state index is 6.07. The van der Waals surface area contributed by atoms with Crippen LogP contribution >= 0.6 is 0 Å². The largest absolute Gasteiger partial charge is 0.329 e. The van der Waals surface area contributed by atoms with E-state index in [4.69, 9.17) is 5.73 Å². The highest BCUT2D eigenvalue weighted by molar-refractivity contribution is 4.88. The van der Waals surface area contributed by atoms with E-state index in [-0.39, 0.29) is 0 Å². The van der Waals surface area contributed by atoms with Gasteiger partial charge in [-0.1, -0.05) is 39.5 Å². The van der Waals surface area contributed by atoms with Gasteiger partial charge in [0.05, 0.1) is 0 Å². The predicted molar refractivity (Wildman–Crippen MR) is 83.2 cm³/mol. The molecule has 2 rings (SSSR count). The van der Waals surface area contributed by atoms with E-state index in [1.807, 2.05) is 0 Å². The second-order valence-electron chi connectivity index (χ2n) is 6.86. The molecule has 19 heavy (non-hydrogen) atoms. The maximum absolute atomic E-state index is 6.07. The summed E-state index contributed by atoms with van der Waals surface area (Å²) in [6.45, 7) is 6.87. The number of hydrogen-bond acceptors (Lipinski definition) is 2. The Morgan fingerprint density at radius 1 is 0.947 bits per heavy atom. The second kappa shape index (κ2) is 7.64. The van der Waals surface area contributed by atoms with Crippen molar-refractivity contribution in [1.29, 1.82) is 0 Å². The van der Waals surface area contributed by atoms with Gasteiger partial charge in [0, 0.05) is 18.6 Å². The van der Waals surface area contributed by atoms with Crippen molar-refractivity contribution >= 4 is 0 Å². The highest BCUT2D eigenvalue weighted by Gasteiger charge is 2.32. The molecular formula is C17H34N2. The summed E-state index contributed by atoms with van der Waals surface area (Å²) >= 11 is 0. The normalized spacial score (nSPS) is 38.1. The molecule has 2 heteroatoms. The molecule has 2 N–H and O–H groups in total. The van der Waals surface area contributed by atoms with Crippen molar-refractivity contribution in [2.45, 2.75) is 83.7 Å². The maximum Gasteiger partial charge on any atom is 0.0223 e. The zero-order valence-electron chi connectivity index (χ0n) is 13.1.